The smallest absolute Gasteiger partial charge is 0.192 e. The van der Waals surface area contributed by atoms with Gasteiger partial charge in [-0.25, -0.2) is 0 Å². The van der Waals surface area contributed by atoms with Crippen LogP contribution in [0.25, 0.3) is 0 Å². The van der Waals surface area contributed by atoms with E-state index in [4.69, 9.17) is 11.6 Å². The molecule has 0 radical (unpaired) electrons. The number of carbonyl (C=O) groups is 1. The topological polar surface area (TPSA) is 37.3 Å². The summed E-state index contributed by atoms with van der Waals surface area (Å²) >= 11 is 5.86. The zero-order valence-corrected chi connectivity index (χ0v) is 12.1. The first kappa shape index (κ1) is 15.3. The van der Waals surface area contributed by atoms with Crippen LogP contribution in [0.4, 0.5) is 0 Å². The Balaban J connectivity index is 2.32. The molecular weight excluding hydrogens is 284 g/mol. The number of aliphatic hydroxyl groups excluding tert-OH is 1. The van der Waals surface area contributed by atoms with Crippen LogP contribution >= 0.6 is 11.6 Å². The summed E-state index contributed by atoms with van der Waals surface area (Å²) in [5.41, 5.74) is 3.91. The molecule has 0 saturated carbocycles. The minimum atomic E-state index is -1.19. The van der Waals surface area contributed by atoms with Crippen molar-refractivity contribution in [2.75, 3.05) is 0 Å². The number of benzene rings is 2. The number of hydrogen-bond acceptors (Lipinski definition) is 2. The van der Waals surface area contributed by atoms with Crippen molar-refractivity contribution in [2.45, 2.75) is 12.0 Å². The van der Waals surface area contributed by atoms with Crippen LogP contribution < -0.4 is 0 Å². The Morgan fingerprint density at radius 2 is 1.76 bits per heavy atom. The zero-order chi connectivity index (χ0) is 15.2. The van der Waals surface area contributed by atoms with Gasteiger partial charge in [0.15, 0.2) is 5.78 Å². The van der Waals surface area contributed by atoms with E-state index in [9.17, 15) is 9.90 Å². The van der Waals surface area contributed by atoms with Gasteiger partial charge in [-0.3, -0.25) is 4.79 Å². The first-order chi connectivity index (χ1) is 10.1. The maximum atomic E-state index is 12.4. The molecule has 0 amide bonds. The fourth-order valence-corrected chi connectivity index (χ4v) is 2.24. The van der Waals surface area contributed by atoms with Crippen LogP contribution in [0.15, 0.2) is 73.0 Å². The number of aliphatic hydroxyl groups is 1. The van der Waals surface area contributed by atoms with Crippen LogP contribution in [0.2, 0.25) is 5.02 Å². The summed E-state index contributed by atoms with van der Waals surface area (Å²) < 4.78 is 0. The molecule has 0 heterocycles. The highest BCUT2D eigenvalue weighted by Crippen LogP contribution is 2.25. The van der Waals surface area contributed by atoms with E-state index in [-0.39, 0.29) is 5.78 Å². The number of ketones is 1. The standard InChI is InChI=1S/C18H15ClO2/c1-2-6-16(13-9-11-15(19)12-10-13)18(21)17(20)14-7-4-3-5-8-14/h3-12,16,18,21H,1H2/t16-,18-/m1/s1. The van der Waals surface area contributed by atoms with E-state index in [0.717, 1.165) is 5.56 Å². The molecule has 0 unspecified atom stereocenters. The lowest BCUT2D eigenvalue weighted by atomic mass is 9.89. The van der Waals surface area contributed by atoms with E-state index in [1.165, 1.54) is 0 Å². The molecule has 2 aromatic rings. The van der Waals surface area contributed by atoms with Gasteiger partial charge < -0.3 is 5.11 Å². The van der Waals surface area contributed by atoms with E-state index in [2.05, 4.69) is 12.3 Å². The van der Waals surface area contributed by atoms with Crippen molar-refractivity contribution in [2.24, 2.45) is 0 Å². The van der Waals surface area contributed by atoms with Crippen LogP contribution in [0.3, 0.4) is 0 Å². The van der Waals surface area contributed by atoms with Crippen LogP contribution in [-0.4, -0.2) is 17.0 Å². The van der Waals surface area contributed by atoms with Crippen molar-refractivity contribution < 1.29 is 9.90 Å². The molecular formula is C18H15ClO2. The molecule has 0 aromatic heterocycles. The Morgan fingerprint density at radius 1 is 1.14 bits per heavy atom. The van der Waals surface area contributed by atoms with Gasteiger partial charge in [0.1, 0.15) is 6.10 Å². The molecule has 1 N–H and O–H groups in total. The quantitative estimate of drug-likeness (QED) is 0.669. The SMILES string of the molecule is C=C=C[C@H](c1ccc(Cl)cc1)[C@@H](O)C(=O)c1ccccc1. The van der Waals surface area contributed by atoms with Crippen molar-refractivity contribution in [1.82, 2.24) is 0 Å². The molecule has 0 aliphatic carbocycles. The summed E-state index contributed by atoms with van der Waals surface area (Å²) in [6.07, 6.45) is 0.400. The molecule has 0 spiro atoms. The van der Waals surface area contributed by atoms with Gasteiger partial charge in [-0.1, -0.05) is 60.6 Å². The van der Waals surface area contributed by atoms with Crippen molar-refractivity contribution in [1.29, 1.82) is 0 Å². The van der Waals surface area contributed by atoms with E-state index < -0.39 is 12.0 Å². The molecule has 2 aromatic carbocycles. The second-order valence-electron chi connectivity index (χ2n) is 4.62. The highest BCUT2D eigenvalue weighted by molar-refractivity contribution is 6.30. The molecule has 21 heavy (non-hydrogen) atoms. The van der Waals surface area contributed by atoms with Gasteiger partial charge in [0, 0.05) is 16.5 Å². The minimum Gasteiger partial charge on any atom is -0.384 e. The van der Waals surface area contributed by atoms with Crippen molar-refractivity contribution in [3.05, 3.63) is 89.1 Å². The fraction of sp³-hybridized carbons (Fsp3) is 0.111. The molecule has 0 bridgehead atoms. The minimum absolute atomic E-state index is 0.331. The summed E-state index contributed by atoms with van der Waals surface area (Å²) in [5, 5.41) is 11.0. The summed E-state index contributed by atoms with van der Waals surface area (Å²) in [6.45, 7) is 3.53. The molecule has 2 rings (SSSR count). The Bertz CT molecular complexity index is 655. The Morgan fingerprint density at radius 3 is 2.33 bits per heavy atom. The Kier molecular flexibility index (Phi) is 5.13. The summed E-state index contributed by atoms with van der Waals surface area (Å²) in [4.78, 5) is 12.4. The maximum Gasteiger partial charge on any atom is 0.192 e. The Labute approximate surface area is 129 Å². The van der Waals surface area contributed by atoms with E-state index in [1.54, 1.807) is 54.6 Å². The van der Waals surface area contributed by atoms with Crippen LogP contribution in [0.5, 0.6) is 0 Å². The first-order valence-electron chi connectivity index (χ1n) is 6.52. The van der Waals surface area contributed by atoms with Crippen molar-refractivity contribution in [3.8, 4) is 0 Å². The van der Waals surface area contributed by atoms with E-state index >= 15 is 0 Å². The predicted molar refractivity (Wildman–Crippen MR) is 84.7 cm³/mol. The van der Waals surface area contributed by atoms with Gasteiger partial charge in [-0.2, -0.15) is 0 Å². The summed E-state index contributed by atoms with van der Waals surface area (Å²) in [7, 11) is 0. The molecule has 106 valence electrons. The van der Waals surface area contributed by atoms with Crippen LogP contribution in [0, 0.1) is 0 Å². The van der Waals surface area contributed by atoms with Crippen LogP contribution in [-0.2, 0) is 0 Å². The Hall–Kier alpha value is -2.12. The van der Waals surface area contributed by atoms with Gasteiger partial charge in [0.05, 0.1) is 0 Å². The average Bonchev–Trinajstić information content (AvgIpc) is 2.53. The number of hydrogen-bond donors (Lipinski definition) is 1. The van der Waals surface area contributed by atoms with Gasteiger partial charge in [-0.15, -0.1) is 5.73 Å². The lowest BCUT2D eigenvalue weighted by Gasteiger charge is -2.19. The first-order valence-corrected chi connectivity index (χ1v) is 6.90. The number of carbonyl (C=O) groups excluding carboxylic acids is 1. The van der Waals surface area contributed by atoms with Crippen LogP contribution in [0.1, 0.15) is 21.8 Å². The normalized spacial score (nSPS) is 13.0. The lowest BCUT2D eigenvalue weighted by Crippen LogP contribution is -2.27. The van der Waals surface area contributed by atoms with E-state index in [0.29, 0.717) is 10.6 Å². The summed E-state index contributed by atoms with van der Waals surface area (Å²) in [6, 6.07) is 15.7. The highest BCUT2D eigenvalue weighted by Gasteiger charge is 2.26. The highest BCUT2D eigenvalue weighted by atomic mass is 35.5. The van der Waals surface area contributed by atoms with Crippen molar-refractivity contribution in [3.63, 3.8) is 0 Å². The molecule has 2 atom stereocenters. The monoisotopic (exact) mass is 298 g/mol. The second kappa shape index (κ2) is 7.05. The number of Topliss-reactive ketones (excluding diaryl/α,β-unsaturated/α-hetero) is 1. The van der Waals surface area contributed by atoms with E-state index in [1.807, 2.05) is 6.07 Å². The second-order valence-corrected chi connectivity index (χ2v) is 5.06. The summed E-state index contributed by atoms with van der Waals surface area (Å²) in [5.74, 6) is -0.838. The average molecular weight is 299 g/mol. The zero-order valence-electron chi connectivity index (χ0n) is 11.4. The van der Waals surface area contributed by atoms with Gasteiger partial charge in [-0.05, 0) is 23.8 Å². The number of rotatable bonds is 5. The van der Waals surface area contributed by atoms with Gasteiger partial charge in [0.25, 0.3) is 0 Å². The molecule has 2 nitrogen and oxygen atoms in total. The largest absolute Gasteiger partial charge is 0.384 e. The fourth-order valence-electron chi connectivity index (χ4n) is 2.12. The molecule has 0 saturated heterocycles. The maximum absolute atomic E-state index is 12.4. The lowest BCUT2D eigenvalue weighted by molar-refractivity contribution is 0.0720. The third-order valence-electron chi connectivity index (χ3n) is 3.22. The molecule has 0 fully saturated rings. The van der Waals surface area contributed by atoms with Gasteiger partial charge in [0.2, 0.25) is 0 Å². The molecule has 0 aliphatic rings. The van der Waals surface area contributed by atoms with Crippen molar-refractivity contribution >= 4 is 17.4 Å². The van der Waals surface area contributed by atoms with Gasteiger partial charge >= 0.3 is 0 Å². The predicted octanol–water partition coefficient (Wildman–Crippen LogP) is 4.01. The third kappa shape index (κ3) is 3.71. The number of halogens is 1. The third-order valence-corrected chi connectivity index (χ3v) is 3.47. The molecule has 0 aliphatic heterocycles. The molecule has 3 heteroatoms.